The Bertz CT molecular complexity index is 835. The summed E-state index contributed by atoms with van der Waals surface area (Å²) in [7, 11) is 0. The van der Waals surface area contributed by atoms with Gasteiger partial charge in [-0.25, -0.2) is 0 Å². The first-order valence-electron chi connectivity index (χ1n) is 9.20. The van der Waals surface area contributed by atoms with E-state index in [9.17, 15) is 14.9 Å². The minimum Gasteiger partial charge on any atom is -0.494 e. The topological polar surface area (TPSA) is 81.5 Å². The number of nitro groups is 1. The van der Waals surface area contributed by atoms with Crippen LogP contribution in [-0.4, -0.2) is 17.4 Å². The Kier molecular flexibility index (Phi) is 7.40. The molecule has 1 amide bonds. The number of nitrogens with zero attached hydrogens (tertiary/aromatic N) is 1. The van der Waals surface area contributed by atoms with Gasteiger partial charge in [-0.3, -0.25) is 14.9 Å². The van der Waals surface area contributed by atoms with Crippen molar-refractivity contribution in [1.29, 1.82) is 0 Å². The molecule has 0 aromatic heterocycles. The molecular formula is C21H25ClN2O4. The average Bonchev–Trinajstić information content (AvgIpc) is 2.67. The van der Waals surface area contributed by atoms with E-state index < -0.39 is 4.92 Å². The Labute approximate surface area is 170 Å². The quantitative estimate of drug-likeness (QED) is 0.328. The van der Waals surface area contributed by atoms with Crippen molar-refractivity contribution in [3.05, 3.63) is 63.2 Å². The van der Waals surface area contributed by atoms with Gasteiger partial charge in [-0.05, 0) is 48.1 Å². The Morgan fingerprint density at radius 1 is 1.21 bits per heavy atom. The van der Waals surface area contributed by atoms with E-state index in [-0.39, 0.29) is 28.5 Å². The second-order valence-corrected chi connectivity index (χ2v) is 7.59. The summed E-state index contributed by atoms with van der Waals surface area (Å²) < 4.78 is 5.69. The average molecular weight is 405 g/mol. The van der Waals surface area contributed by atoms with Crippen LogP contribution in [0.1, 0.15) is 45.6 Å². The van der Waals surface area contributed by atoms with Crippen molar-refractivity contribution >= 4 is 28.9 Å². The summed E-state index contributed by atoms with van der Waals surface area (Å²) in [6.45, 7) is 6.98. The van der Waals surface area contributed by atoms with Crippen molar-refractivity contribution in [2.75, 3.05) is 11.9 Å². The molecule has 0 atom stereocenters. The third kappa shape index (κ3) is 5.96. The first kappa shape index (κ1) is 21.7. The highest BCUT2D eigenvalue weighted by Gasteiger charge is 2.17. The van der Waals surface area contributed by atoms with Gasteiger partial charge >= 0.3 is 0 Å². The number of amides is 1. The predicted octanol–water partition coefficient (Wildman–Crippen LogP) is 5.73. The Morgan fingerprint density at radius 2 is 1.89 bits per heavy atom. The maximum atomic E-state index is 12.0. The molecule has 0 unspecified atom stereocenters. The second-order valence-electron chi connectivity index (χ2n) is 7.19. The van der Waals surface area contributed by atoms with E-state index in [2.05, 4.69) is 38.2 Å². The van der Waals surface area contributed by atoms with Gasteiger partial charge in [0.2, 0.25) is 5.91 Å². The third-order valence-corrected chi connectivity index (χ3v) is 5.08. The normalized spacial score (nSPS) is 11.1. The summed E-state index contributed by atoms with van der Waals surface area (Å²) in [5.41, 5.74) is 1.50. The monoisotopic (exact) mass is 404 g/mol. The highest BCUT2D eigenvalue weighted by atomic mass is 35.5. The van der Waals surface area contributed by atoms with Crippen molar-refractivity contribution in [2.24, 2.45) is 0 Å². The van der Waals surface area contributed by atoms with Gasteiger partial charge in [0, 0.05) is 18.2 Å². The fraction of sp³-hybridized carbons (Fsp3) is 0.381. The van der Waals surface area contributed by atoms with Gasteiger partial charge in [0.1, 0.15) is 10.8 Å². The molecule has 0 aliphatic rings. The van der Waals surface area contributed by atoms with E-state index >= 15 is 0 Å². The lowest BCUT2D eigenvalue weighted by Gasteiger charge is -2.23. The maximum Gasteiger partial charge on any atom is 0.289 e. The molecule has 0 radical (unpaired) electrons. The first-order valence-corrected chi connectivity index (χ1v) is 9.58. The summed E-state index contributed by atoms with van der Waals surface area (Å²) in [6.07, 6.45) is 1.83. The number of anilines is 1. The standard InChI is InChI=1S/C21H25ClN2O4/c1-4-21(2,3)15-7-10-17(11-8-15)28-13-5-6-20(25)23-16-9-12-18(22)19(14-16)24(26)27/h7-12,14H,4-6,13H2,1-3H3,(H,23,25). The molecule has 0 saturated carbocycles. The third-order valence-electron chi connectivity index (χ3n) is 4.76. The highest BCUT2D eigenvalue weighted by Crippen LogP contribution is 2.28. The van der Waals surface area contributed by atoms with Gasteiger partial charge in [-0.2, -0.15) is 0 Å². The van der Waals surface area contributed by atoms with Gasteiger partial charge in [-0.1, -0.05) is 44.5 Å². The second kappa shape index (κ2) is 9.55. The Balaban J connectivity index is 1.78. The Morgan fingerprint density at radius 3 is 2.50 bits per heavy atom. The first-order chi connectivity index (χ1) is 13.2. The number of rotatable bonds is 9. The van der Waals surface area contributed by atoms with Crippen LogP contribution in [0.4, 0.5) is 11.4 Å². The van der Waals surface area contributed by atoms with Crippen LogP contribution < -0.4 is 10.1 Å². The number of carbonyl (C=O) groups is 1. The fourth-order valence-electron chi connectivity index (χ4n) is 2.58. The Hall–Kier alpha value is -2.60. The summed E-state index contributed by atoms with van der Waals surface area (Å²) in [5.74, 6) is 0.532. The molecule has 0 aliphatic carbocycles. The fourth-order valence-corrected chi connectivity index (χ4v) is 2.77. The lowest BCUT2D eigenvalue weighted by atomic mass is 9.82. The van der Waals surface area contributed by atoms with Gasteiger partial charge in [0.25, 0.3) is 5.69 Å². The van der Waals surface area contributed by atoms with E-state index in [0.717, 1.165) is 12.2 Å². The van der Waals surface area contributed by atoms with Crippen LogP contribution in [0, 0.1) is 10.1 Å². The van der Waals surface area contributed by atoms with E-state index in [1.807, 2.05) is 12.1 Å². The predicted molar refractivity (Wildman–Crippen MR) is 111 cm³/mol. The SMILES string of the molecule is CCC(C)(C)c1ccc(OCCCC(=O)Nc2ccc(Cl)c([N+](=O)[O-])c2)cc1. The van der Waals surface area contributed by atoms with Crippen molar-refractivity contribution in [1.82, 2.24) is 0 Å². The number of benzene rings is 2. The maximum absolute atomic E-state index is 12.0. The van der Waals surface area contributed by atoms with Crippen LogP contribution in [0.2, 0.25) is 5.02 Å². The van der Waals surface area contributed by atoms with Crippen molar-refractivity contribution < 1.29 is 14.5 Å². The zero-order chi connectivity index (χ0) is 20.7. The summed E-state index contributed by atoms with van der Waals surface area (Å²) in [4.78, 5) is 22.3. The molecule has 0 heterocycles. The van der Waals surface area contributed by atoms with Crippen LogP contribution in [0.3, 0.4) is 0 Å². The van der Waals surface area contributed by atoms with Gasteiger partial charge in [-0.15, -0.1) is 0 Å². The molecule has 150 valence electrons. The minimum atomic E-state index is -0.585. The van der Waals surface area contributed by atoms with Crippen molar-refractivity contribution in [3.8, 4) is 5.75 Å². The number of nitro benzene ring substituents is 1. The molecule has 28 heavy (non-hydrogen) atoms. The van der Waals surface area contributed by atoms with Gasteiger partial charge in [0.05, 0.1) is 11.5 Å². The summed E-state index contributed by atoms with van der Waals surface area (Å²) in [6, 6.07) is 12.2. The van der Waals surface area contributed by atoms with Crippen molar-refractivity contribution in [2.45, 2.75) is 45.4 Å². The molecule has 0 aliphatic heterocycles. The minimum absolute atomic E-state index is 0.0322. The number of hydrogen-bond acceptors (Lipinski definition) is 4. The molecule has 2 aromatic carbocycles. The molecule has 2 rings (SSSR count). The summed E-state index contributed by atoms with van der Waals surface area (Å²) in [5, 5.41) is 13.6. The van der Waals surface area contributed by atoms with Crippen LogP contribution in [0.15, 0.2) is 42.5 Å². The van der Waals surface area contributed by atoms with E-state index in [0.29, 0.717) is 18.7 Å². The summed E-state index contributed by atoms with van der Waals surface area (Å²) >= 11 is 5.76. The molecule has 0 saturated heterocycles. The molecule has 0 fully saturated rings. The molecule has 1 N–H and O–H groups in total. The van der Waals surface area contributed by atoms with Crippen LogP contribution >= 0.6 is 11.6 Å². The number of nitrogens with one attached hydrogen (secondary N) is 1. The van der Waals surface area contributed by atoms with Crippen LogP contribution in [-0.2, 0) is 10.2 Å². The van der Waals surface area contributed by atoms with Gasteiger partial charge in [0.15, 0.2) is 0 Å². The molecule has 2 aromatic rings. The number of halogens is 1. The van der Waals surface area contributed by atoms with E-state index in [1.54, 1.807) is 0 Å². The largest absolute Gasteiger partial charge is 0.494 e. The highest BCUT2D eigenvalue weighted by molar-refractivity contribution is 6.32. The molecule has 0 bridgehead atoms. The van der Waals surface area contributed by atoms with E-state index in [4.69, 9.17) is 16.3 Å². The number of carbonyl (C=O) groups excluding carboxylic acids is 1. The molecular weight excluding hydrogens is 380 g/mol. The smallest absolute Gasteiger partial charge is 0.289 e. The molecule has 0 spiro atoms. The lowest BCUT2D eigenvalue weighted by molar-refractivity contribution is -0.384. The van der Waals surface area contributed by atoms with Crippen LogP contribution in [0.5, 0.6) is 5.75 Å². The van der Waals surface area contributed by atoms with Gasteiger partial charge < -0.3 is 10.1 Å². The number of hydrogen-bond donors (Lipinski definition) is 1. The van der Waals surface area contributed by atoms with Crippen molar-refractivity contribution in [3.63, 3.8) is 0 Å². The van der Waals surface area contributed by atoms with Crippen LogP contribution in [0.25, 0.3) is 0 Å². The lowest BCUT2D eigenvalue weighted by Crippen LogP contribution is -2.15. The molecule has 7 heteroatoms. The zero-order valence-electron chi connectivity index (χ0n) is 16.3. The molecule has 6 nitrogen and oxygen atoms in total. The number of ether oxygens (including phenoxy) is 1. The zero-order valence-corrected chi connectivity index (χ0v) is 17.1. The van der Waals surface area contributed by atoms with E-state index in [1.165, 1.54) is 23.8 Å².